The molecule has 102 valence electrons. The van der Waals surface area contributed by atoms with Gasteiger partial charge in [0.15, 0.2) is 11.4 Å². The molecule has 0 amide bonds. The second-order valence-corrected chi connectivity index (χ2v) is 3.72. The fraction of sp³-hybridized carbons (Fsp3) is 0.417. The van der Waals surface area contributed by atoms with Crippen molar-refractivity contribution < 1.29 is 19.0 Å². The lowest BCUT2D eigenvalue weighted by Gasteiger charge is -2.05. The monoisotopic (exact) mass is 265 g/mol. The largest absolute Gasteiger partial charge is 0.494 e. The van der Waals surface area contributed by atoms with Crippen LogP contribution in [0, 0.1) is 0 Å². The molecule has 0 radical (unpaired) electrons. The third-order valence-corrected chi connectivity index (χ3v) is 2.51. The number of hydrogen-bond donors (Lipinski definition) is 0. The predicted molar refractivity (Wildman–Crippen MR) is 66.2 cm³/mol. The Morgan fingerprint density at radius 2 is 2.21 bits per heavy atom. The summed E-state index contributed by atoms with van der Waals surface area (Å²) in [5.74, 6) is 0.465. The van der Waals surface area contributed by atoms with Crippen molar-refractivity contribution in [3.63, 3.8) is 0 Å². The van der Waals surface area contributed by atoms with Crippen molar-refractivity contribution in [3.05, 3.63) is 23.8 Å². The van der Waals surface area contributed by atoms with Crippen molar-refractivity contribution >= 4 is 11.7 Å². The zero-order valence-corrected chi connectivity index (χ0v) is 11.0. The van der Waals surface area contributed by atoms with Crippen LogP contribution >= 0.6 is 0 Å². The molecular weight excluding hydrogens is 250 g/mol. The van der Waals surface area contributed by atoms with Gasteiger partial charge in [0.25, 0.3) is 0 Å². The number of nitrogens with zero attached hydrogens (tertiary/aromatic N) is 3. The number of fused-ring (bicyclic) bond motifs is 1. The normalized spacial score (nSPS) is 10.7. The van der Waals surface area contributed by atoms with Gasteiger partial charge in [0.1, 0.15) is 5.69 Å². The number of imidazole rings is 1. The molecule has 0 unspecified atom stereocenters. The maximum Gasteiger partial charge on any atom is 0.357 e. The van der Waals surface area contributed by atoms with Crippen LogP contribution in [0.25, 0.3) is 5.78 Å². The van der Waals surface area contributed by atoms with Crippen molar-refractivity contribution in [2.24, 2.45) is 0 Å². The van der Waals surface area contributed by atoms with Crippen LogP contribution in [0.15, 0.2) is 12.4 Å². The van der Waals surface area contributed by atoms with Crippen LogP contribution in [-0.2, 0) is 16.1 Å². The Hall–Kier alpha value is -2.15. The van der Waals surface area contributed by atoms with Crippen molar-refractivity contribution in [1.82, 2.24) is 14.4 Å². The SMILES string of the molecule is CCOC(=O)c1c(COC)nc2ncc(OC)cn12. The minimum absolute atomic E-state index is 0.208. The van der Waals surface area contributed by atoms with E-state index in [1.54, 1.807) is 17.5 Å². The smallest absolute Gasteiger partial charge is 0.357 e. The van der Waals surface area contributed by atoms with Gasteiger partial charge in [0.2, 0.25) is 5.78 Å². The van der Waals surface area contributed by atoms with E-state index in [9.17, 15) is 4.79 Å². The minimum atomic E-state index is -0.461. The molecule has 0 atom stereocenters. The van der Waals surface area contributed by atoms with Crippen LogP contribution in [0.4, 0.5) is 0 Å². The van der Waals surface area contributed by atoms with E-state index in [2.05, 4.69) is 9.97 Å². The molecule has 19 heavy (non-hydrogen) atoms. The van der Waals surface area contributed by atoms with Gasteiger partial charge in [-0.2, -0.15) is 0 Å². The summed E-state index contributed by atoms with van der Waals surface area (Å²) in [5, 5.41) is 0. The van der Waals surface area contributed by atoms with Crippen LogP contribution in [0.3, 0.4) is 0 Å². The summed E-state index contributed by atoms with van der Waals surface area (Å²) in [6.07, 6.45) is 3.18. The Morgan fingerprint density at radius 3 is 2.84 bits per heavy atom. The predicted octanol–water partition coefficient (Wildman–Crippen LogP) is 1.06. The van der Waals surface area contributed by atoms with Gasteiger partial charge in [-0.25, -0.2) is 14.8 Å². The molecule has 2 aromatic heterocycles. The van der Waals surface area contributed by atoms with Gasteiger partial charge in [-0.05, 0) is 6.92 Å². The summed E-state index contributed by atoms with van der Waals surface area (Å²) in [7, 11) is 3.06. The third kappa shape index (κ3) is 2.50. The average molecular weight is 265 g/mol. The van der Waals surface area contributed by atoms with Crippen molar-refractivity contribution in [1.29, 1.82) is 0 Å². The average Bonchev–Trinajstić information content (AvgIpc) is 2.76. The molecule has 0 aromatic carbocycles. The molecule has 2 heterocycles. The standard InChI is InChI=1S/C12H15N3O4/c1-4-19-11(16)10-9(7-17-2)14-12-13-5-8(18-3)6-15(10)12/h5-6H,4,7H2,1-3H3. The molecule has 0 saturated heterocycles. The molecule has 7 nitrogen and oxygen atoms in total. The van der Waals surface area contributed by atoms with E-state index in [1.807, 2.05) is 0 Å². The number of esters is 1. The number of rotatable bonds is 5. The number of carbonyl (C=O) groups excluding carboxylic acids is 1. The second kappa shape index (κ2) is 5.66. The van der Waals surface area contributed by atoms with E-state index in [0.29, 0.717) is 22.9 Å². The molecule has 0 aliphatic heterocycles. The molecular formula is C12H15N3O4. The Kier molecular flexibility index (Phi) is 3.96. The highest BCUT2D eigenvalue weighted by Gasteiger charge is 2.21. The first-order chi connectivity index (χ1) is 9.21. The summed E-state index contributed by atoms with van der Waals surface area (Å²) < 4.78 is 16.7. The zero-order chi connectivity index (χ0) is 13.8. The van der Waals surface area contributed by atoms with Gasteiger partial charge in [0, 0.05) is 7.11 Å². The van der Waals surface area contributed by atoms with Gasteiger partial charge in [-0.15, -0.1) is 0 Å². The highest BCUT2D eigenvalue weighted by Crippen LogP contribution is 2.17. The maximum atomic E-state index is 12.0. The highest BCUT2D eigenvalue weighted by molar-refractivity contribution is 5.89. The highest BCUT2D eigenvalue weighted by atomic mass is 16.5. The van der Waals surface area contributed by atoms with Gasteiger partial charge >= 0.3 is 5.97 Å². The Bertz CT molecular complexity index is 594. The molecule has 0 fully saturated rings. The number of hydrogen-bond acceptors (Lipinski definition) is 6. The molecule has 0 N–H and O–H groups in total. The summed E-state index contributed by atoms with van der Waals surface area (Å²) in [6.45, 7) is 2.24. The van der Waals surface area contributed by atoms with E-state index >= 15 is 0 Å². The number of ether oxygens (including phenoxy) is 3. The fourth-order valence-corrected chi connectivity index (χ4v) is 1.72. The Labute approximate surface area is 110 Å². The lowest BCUT2D eigenvalue weighted by atomic mass is 10.3. The first kappa shape index (κ1) is 13.3. The van der Waals surface area contributed by atoms with Gasteiger partial charge < -0.3 is 14.2 Å². The Balaban J connectivity index is 2.59. The number of aromatic nitrogens is 3. The van der Waals surface area contributed by atoms with Crippen LogP contribution < -0.4 is 4.74 Å². The third-order valence-electron chi connectivity index (χ3n) is 2.51. The number of methoxy groups -OCH3 is 2. The molecule has 7 heteroatoms. The molecule has 2 rings (SSSR count). The molecule has 2 aromatic rings. The lowest BCUT2D eigenvalue weighted by Crippen LogP contribution is -2.11. The molecule has 0 aliphatic rings. The molecule has 0 aliphatic carbocycles. The Morgan fingerprint density at radius 1 is 1.42 bits per heavy atom. The molecule has 0 saturated carbocycles. The maximum absolute atomic E-state index is 12.0. The van der Waals surface area contributed by atoms with Crippen molar-refractivity contribution in [2.75, 3.05) is 20.8 Å². The number of carbonyl (C=O) groups is 1. The van der Waals surface area contributed by atoms with E-state index in [4.69, 9.17) is 14.2 Å². The minimum Gasteiger partial charge on any atom is -0.494 e. The molecule has 0 bridgehead atoms. The van der Waals surface area contributed by atoms with Gasteiger partial charge in [0.05, 0.1) is 32.7 Å². The van der Waals surface area contributed by atoms with E-state index in [0.717, 1.165) is 0 Å². The van der Waals surface area contributed by atoms with Crippen molar-refractivity contribution in [2.45, 2.75) is 13.5 Å². The molecule has 0 spiro atoms. The van der Waals surface area contributed by atoms with Gasteiger partial charge in [-0.3, -0.25) is 4.40 Å². The topological polar surface area (TPSA) is 75.0 Å². The lowest BCUT2D eigenvalue weighted by molar-refractivity contribution is 0.0513. The van der Waals surface area contributed by atoms with Gasteiger partial charge in [-0.1, -0.05) is 0 Å². The second-order valence-electron chi connectivity index (χ2n) is 3.72. The van der Waals surface area contributed by atoms with Crippen LogP contribution in [0.1, 0.15) is 23.1 Å². The summed E-state index contributed by atoms with van der Waals surface area (Å²) >= 11 is 0. The first-order valence-electron chi connectivity index (χ1n) is 5.78. The van der Waals surface area contributed by atoms with Crippen LogP contribution in [-0.4, -0.2) is 41.2 Å². The zero-order valence-electron chi connectivity index (χ0n) is 11.0. The van der Waals surface area contributed by atoms with E-state index in [1.165, 1.54) is 20.4 Å². The van der Waals surface area contributed by atoms with Crippen LogP contribution in [0.5, 0.6) is 5.75 Å². The summed E-state index contributed by atoms with van der Waals surface area (Å²) in [4.78, 5) is 20.4. The van der Waals surface area contributed by atoms with E-state index in [-0.39, 0.29) is 13.2 Å². The first-order valence-corrected chi connectivity index (χ1v) is 5.78. The van der Waals surface area contributed by atoms with E-state index < -0.39 is 5.97 Å². The quantitative estimate of drug-likeness (QED) is 0.752. The fourth-order valence-electron chi connectivity index (χ4n) is 1.72. The van der Waals surface area contributed by atoms with Crippen LogP contribution in [0.2, 0.25) is 0 Å². The summed E-state index contributed by atoms with van der Waals surface area (Å²) in [5.41, 5.74) is 0.798. The summed E-state index contributed by atoms with van der Waals surface area (Å²) in [6, 6.07) is 0. The van der Waals surface area contributed by atoms with Crippen molar-refractivity contribution in [3.8, 4) is 5.75 Å².